The Morgan fingerprint density at radius 1 is 0.709 bits per heavy atom. The van der Waals surface area contributed by atoms with E-state index in [4.69, 9.17) is 9.57 Å². The molecule has 548 valence electrons. The number of nitrogens with zero attached hydrogens (tertiary/aromatic N) is 5. The molecular weight excluding hydrogens is 1360 g/mol. The molecule has 0 aromatic heterocycles. The number of nitro groups is 2. The number of imide groups is 1. The van der Waals surface area contributed by atoms with Crippen LogP contribution in [0.4, 0.5) is 22.7 Å². The summed E-state index contributed by atoms with van der Waals surface area (Å²) in [5.41, 5.74) is 7.62. The molecule has 1 saturated heterocycles. The molecule has 0 saturated carbocycles. The molecule has 24 nitrogen and oxygen atoms in total. The average Bonchev–Trinajstić information content (AvgIpc) is 1.58. The molecule has 6 aromatic rings. The zero-order chi connectivity index (χ0) is 74.7. The van der Waals surface area contributed by atoms with Crippen molar-refractivity contribution in [2.45, 2.75) is 198 Å². The summed E-state index contributed by atoms with van der Waals surface area (Å²) in [6, 6.07) is 17.5. The lowest BCUT2D eigenvalue weighted by molar-refractivity contribution is -0.438. The highest BCUT2D eigenvalue weighted by Crippen LogP contribution is 2.54. The van der Waals surface area contributed by atoms with E-state index in [1.807, 2.05) is 76.3 Å². The SMILES string of the molecule is Cc1cc(S(=O)(=O)O)c2ccc3c(c2c1)C(C)(C)C(/C=C/C=C/C=C1/N(CCCCCC(=O)ON2C(=O)CCC2=O)c2ccc4c(C)cc(S(=O)(=O)O)cc4c2C1(C)CCCNCC1(C)CCc2c(C)c(O)c(C)c(C)c2O1)=[N+]3CCCCCC(=O)CCCNCc1ccc([N+](=O)[O-])cc1[N+](=O)[O-]. The molecule has 1 fully saturated rings. The summed E-state index contributed by atoms with van der Waals surface area (Å²) >= 11 is 0. The van der Waals surface area contributed by atoms with Gasteiger partial charge in [0, 0.05) is 115 Å². The third-order valence-corrected chi connectivity index (χ3v) is 22.6. The first-order chi connectivity index (χ1) is 48.6. The number of fused-ring (bicyclic) bond motifs is 7. The summed E-state index contributed by atoms with van der Waals surface area (Å²) in [6.07, 6.45) is 17.3. The maximum atomic E-state index is 13.2. The molecule has 4 aliphatic heterocycles. The highest BCUT2D eigenvalue weighted by Gasteiger charge is 2.47. The van der Waals surface area contributed by atoms with Crippen LogP contribution in [0.25, 0.3) is 21.5 Å². The summed E-state index contributed by atoms with van der Waals surface area (Å²) in [5, 5.41) is 43.6. The Morgan fingerprint density at radius 2 is 1.40 bits per heavy atom. The van der Waals surface area contributed by atoms with Gasteiger partial charge >= 0.3 is 5.97 Å². The molecule has 0 radical (unpaired) electrons. The first-order valence-corrected chi connectivity index (χ1v) is 38.0. The summed E-state index contributed by atoms with van der Waals surface area (Å²) < 4.78 is 82.0. The molecule has 6 aromatic carbocycles. The zero-order valence-electron chi connectivity index (χ0n) is 59.9. The first-order valence-electron chi connectivity index (χ1n) is 35.2. The Bertz CT molecular complexity index is 4790. The van der Waals surface area contributed by atoms with Gasteiger partial charge in [-0.25, -0.2) is 4.79 Å². The fraction of sp³-hybridized carbons (Fsp3) is 0.442. The van der Waals surface area contributed by atoms with E-state index in [1.54, 1.807) is 19.1 Å². The fourth-order valence-corrected chi connectivity index (χ4v) is 16.7. The maximum Gasteiger partial charge on any atom is 0.333 e. The van der Waals surface area contributed by atoms with E-state index in [0.717, 1.165) is 86.2 Å². The Labute approximate surface area is 600 Å². The van der Waals surface area contributed by atoms with Crippen molar-refractivity contribution >= 4 is 93.8 Å². The number of aromatic hydroxyl groups is 1. The van der Waals surface area contributed by atoms with Crippen LogP contribution in [0.2, 0.25) is 0 Å². The molecule has 2 amide bonds. The van der Waals surface area contributed by atoms with Crippen LogP contribution in [-0.4, -0.2) is 118 Å². The van der Waals surface area contributed by atoms with Crippen LogP contribution in [0.3, 0.4) is 0 Å². The van der Waals surface area contributed by atoms with Gasteiger partial charge in [-0.05, 0) is 225 Å². The van der Waals surface area contributed by atoms with Gasteiger partial charge in [0.1, 0.15) is 34.3 Å². The number of ketones is 1. The predicted octanol–water partition coefficient (Wildman–Crippen LogP) is 13.7. The van der Waals surface area contributed by atoms with Crippen LogP contribution < -0.4 is 20.3 Å². The Balaban J connectivity index is 0.927. The molecule has 2 unspecified atom stereocenters. The molecule has 2 atom stereocenters. The van der Waals surface area contributed by atoms with Gasteiger partial charge in [0.05, 0.1) is 26.2 Å². The number of ether oxygens (including phenoxy) is 1. The van der Waals surface area contributed by atoms with E-state index in [9.17, 15) is 70.5 Å². The van der Waals surface area contributed by atoms with Crippen LogP contribution >= 0.6 is 0 Å². The lowest BCUT2D eigenvalue weighted by atomic mass is 9.75. The molecule has 0 spiro atoms. The number of non-ortho nitro benzene ring substituents is 1. The van der Waals surface area contributed by atoms with Gasteiger partial charge < -0.3 is 30.2 Å². The fourth-order valence-electron chi connectivity index (χ4n) is 15.3. The third kappa shape index (κ3) is 16.5. The summed E-state index contributed by atoms with van der Waals surface area (Å²) in [5.74, 6) is -0.634. The molecule has 0 aliphatic carbocycles. The van der Waals surface area contributed by atoms with Crippen molar-refractivity contribution < 1.29 is 74.2 Å². The number of phenolic OH excluding ortho intramolecular Hbond substituents is 1. The summed E-state index contributed by atoms with van der Waals surface area (Å²) in [7, 11) is -9.28. The van der Waals surface area contributed by atoms with Crippen LogP contribution in [-0.2, 0) is 68.0 Å². The van der Waals surface area contributed by atoms with Crippen LogP contribution in [0.5, 0.6) is 11.5 Å². The van der Waals surface area contributed by atoms with Gasteiger partial charge in [-0.2, -0.15) is 21.4 Å². The number of rotatable bonds is 32. The van der Waals surface area contributed by atoms with Crippen LogP contribution in [0.15, 0.2) is 113 Å². The second-order valence-corrected chi connectivity index (χ2v) is 31.5. The maximum absolute atomic E-state index is 13.2. The molecule has 103 heavy (non-hydrogen) atoms. The minimum absolute atomic E-state index is 0.0207. The van der Waals surface area contributed by atoms with E-state index in [2.05, 4.69) is 53.9 Å². The highest BCUT2D eigenvalue weighted by atomic mass is 32.2. The Hall–Kier alpha value is -9.05. The van der Waals surface area contributed by atoms with E-state index < -0.39 is 64.3 Å². The van der Waals surface area contributed by atoms with Crippen molar-refractivity contribution in [2.75, 3.05) is 37.6 Å². The van der Waals surface area contributed by atoms with Crippen molar-refractivity contribution in [1.29, 1.82) is 0 Å². The monoisotopic (exact) mass is 1450 g/mol. The lowest BCUT2D eigenvalue weighted by Gasteiger charge is -2.38. The molecule has 0 bridgehead atoms. The van der Waals surface area contributed by atoms with Crippen molar-refractivity contribution in [3.8, 4) is 11.5 Å². The predicted molar refractivity (Wildman–Crippen MR) is 392 cm³/mol. The highest BCUT2D eigenvalue weighted by molar-refractivity contribution is 7.86. The minimum Gasteiger partial charge on any atom is -0.507 e. The van der Waals surface area contributed by atoms with Crippen molar-refractivity contribution in [3.05, 3.63) is 173 Å². The number of nitro benzene ring substituents is 2. The van der Waals surface area contributed by atoms with Gasteiger partial charge in [-0.15, -0.1) is 5.06 Å². The van der Waals surface area contributed by atoms with Gasteiger partial charge in [0.15, 0.2) is 5.71 Å². The van der Waals surface area contributed by atoms with Gasteiger partial charge in [0.2, 0.25) is 5.69 Å². The molecule has 4 aliphatic rings. The molecule has 5 N–H and O–H groups in total. The topological polar surface area (TPSA) is 336 Å². The molecule has 4 heterocycles. The second kappa shape index (κ2) is 31.1. The summed E-state index contributed by atoms with van der Waals surface area (Å²) in [4.78, 5) is 79.0. The number of Topliss-reactive ketones (excluding diaryl/α,β-unsaturated/α-hetero) is 1. The number of aryl methyl sites for hydroxylation is 2. The Kier molecular flexibility index (Phi) is 23.1. The third-order valence-electron chi connectivity index (χ3n) is 20.9. The number of benzene rings is 6. The summed E-state index contributed by atoms with van der Waals surface area (Å²) in [6.45, 7) is 20.4. The van der Waals surface area contributed by atoms with Crippen molar-refractivity contribution in [3.63, 3.8) is 0 Å². The molecule has 26 heteroatoms. The standard InChI is InChI=1S/C77H91N7O17S2/c1-48-41-60-59(65(42-48)103(97,98)99)29-31-62-71(60)75(6,7)66(80(62)39-17-11-13-21-55(85)22-19-37-78-46-53-26-27-54(83(90)91)44-64(53)84(92)93)23-14-10-15-24-67-77(9,35-20-38-79-47-76(8)36-34-58-52(5)73(89)50(3)51(4)74(58)100-76)72-61-45-56(102(94,95)96)43-49(2)57(61)28-30-63(72)81(67)40-18-12-16-25-70(88)101-82-68(86)32-33-69(82)87/h10,14-15,23-24,26-31,41-45,78-79H,11-13,16-22,25,32-40,46-47H2,1-9H3,(H2-,89,94,95,96,97,98,99)/p+1. The van der Waals surface area contributed by atoms with Crippen molar-refractivity contribution in [1.82, 2.24) is 15.7 Å². The van der Waals surface area contributed by atoms with Gasteiger partial charge in [0.25, 0.3) is 43.4 Å². The number of carbonyl (C=O) groups is 4. The number of unbranched alkanes of at least 4 members (excludes halogenated alkanes) is 4. The normalized spacial score (nSPS) is 18.5. The number of allylic oxidation sites excluding steroid dienone is 6. The van der Waals surface area contributed by atoms with Gasteiger partial charge in [-0.1, -0.05) is 36.8 Å². The number of hydroxylamine groups is 2. The number of anilines is 1. The van der Waals surface area contributed by atoms with E-state index in [-0.39, 0.29) is 52.8 Å². The van der Waals surface area contributed by atoms with E-state index in [0.29, 0.717) is 147 Å². The van der Waals surface area contributed by atoms with Gasteiger partial charge in [-0.3, -0.25) is 43.7 Å². The molecule has 10 rings (SSSR count). The quantitative estimate of drug-likeness (QED) is 0.00498. The second-order valence-electron chi connectivity index (χ2n) is 28.7. The van der Waals surface area contributed by atoms with E-state index >= 15 is 0 Å². The first kappa shape index (κ1) is 76.6. The van der Waals surface area contributed by atoms with E-state index in [1.165, 1.54) is 24.3 Å². The Morgan fingerprint density at radius 3 is 2.11 bits per heavy atom. The average molecular weight is 1450 g/mol. The number of hydrogen-bond donors (Lipinski definition) is 5. The number of nitrogens with one attached hydrogen (secondary N) is 2. The number of carbonyl (C=O) groups excluding carboxylic acids is 4. The van der Waals surface area contributed by atoms with Crippen LogP contribution in [0.1, 0.15) is 174 Å². The van der Waals surface area contributed by atoms with Crippen LogP contribution in [0, 0.1) is 54.8 Å². The molecular formula is C77H92N7O17S2+. The number of hydrogen-bond acceptors (Lipinski definition) is 18. The lowest BCUT2D eigenvalue weighted by Crippen LogP contribution is -2.46. The van der Waals surface area contributed by atoms with Crippen molar-refractivity contribution in [2.24, 2.45) is 0 Å². The largest absolute Gasteiger partial charge is 0.507 e. The smallest absolute Gasteiger partial charge is 0.333 e. The minimum atomic E-state index is -4.65. The zero-order valence-corrected chi connectivity index (χ0v) is 61.5. The number of phenols is 1. The number of amides is 2.